The molecule has 0 bridgehead atoms. The molecule has 0 fully saturated rings. The number of nitrogens with zero attached hydrogens (tertiary/aromatic N) is 3. The van der Waals surface area contributed by atoms with Gasteiger partial charge in [0.1, 0.15) is 0 Å². The van der Waals surface area contributed by atoms with Crippen molar-refractivity contribution in [3.63, 3.8) is 0 Å². The Morgan fingerprint density at radius 2 is 0.336 bits per heavy atom. The zero-order valence-corrected chi connectivity index (χ0v) is 75.9. The van der Waals surface area contributed by atoms with Crippen molar-refractivity contribution in [2.24, 2.45) is 0 Å². The summed E-state index contributed by atoms with van der Waals surface area (Å²) in [6.07, 6.45) is 61.0. The molecule has 9 aromatic carbocycles. The van der Waals surface area contributed by atoms with E-state index in [1.54, 1.807) is 0 Å². The van der Waals surface area contributed by atoms with Gasteiger partial charge in [0.05, 0.1) is 0 Å². The van der Waals surface area contributed by atoms with Gasteiger partial charge in [0.15, 0.2) is 0 Å². The maximum absolute atomic E-state index is 7.04. The molecule has 0 N–H and O–H groups in total. The first-order valence-corrected chi connectivity index (χ1v) is 49.8. The number of rotatable bonds is 54. The molecule has 0 aliphatic heterocycles. The monoisotopic (exact) mass is 1620 g/mol. The Morgan fingerprint density at radius 3 is 0.504 bits per heavy atom. The highest BCUT2D eigenvalue weighted by atomic mass is 32.4. The zero-order chi connectivity index (χ0) is 83.3. The lowest BCUT2D eigenvalue weighted by Gasteiger charge is -2.25. The summed E-state index contributed by atoms with van der Waals surface area (Å²) in [6, 6.07) is 76.8. The first-order chi connectivity index (χ1) is 58.7. The van der Waals surface area contributed by atoms with E-state index in [-0.39, 0.29) is 0 Å². The molecule has 9 aromatic rings. The molecular weight excluding hydrogens is 1470 g/mol. The number of hydrogen-bond acceptors (Lipinski definition) is 4. The fraction of sp³-hybridized carbons (Fsp3) is 0.421. The first-order valence-electron chi connectivity index (χ1n) is 47.0. The van der Waals surface area contributed by atoms with Crippen LogP contribution in [-0.4, -0.2) is 39.3 Å². The van der Waals surface area contributed by atoms with Crippen LogP contribution in [0.2, 0.25) is 0 Å². The van der Waals surface area contributed by atoms with Crippen LogP contribution >= 0.6 is 6.04 Å². The number of benzene rings is 9. The third kappa shape index (κ3) is 34.9. The van der Waals surface area contributed by atoms with E-state index < -0.39 is 6.04 Å². The Balaban J connectivity index is 0.867. The summed E-state index contributed by atoms with van der Waals surface area (Å²) >= 11 is 7.04. The van der Waals surface area contributed by atoms with Crippen LogP contribution in [0.1, 0.15) is 339 Å². The smallest absolute Gasteiger partial charge is 0.0379 e. The Hall–Kier alpha value is -9.07. The summed E-state index contributed by atoms with van der Waals surface area (Å²) in [5.74, 6) is 20.8. The molecule has 0 aliphatic carbocycles. The van der Waals surface area contributed by atoms with Crippen molar-refractivity contribution in [2.45, 2.75) is 273 Å². The molecule has 0 unspecified atom stereocenters. The van der Waals surface area contributed by atoms with E-state index in [1.807, 2.05) is 0 Å². The van der Waals surface area contributed by atoms with Crippen LogP contribution in [0, 0.1) is 35.5 Å². The summed E-state index contributed by atoms with van der Waals surface area (Å²) in [5.41, 5.74) is 16.9. The third-order valence-electron chi connectivity index (χ3n) is 23.3. The van der Waals surface area contributed by atoms with Crippen molar-refractivity contribution in [3.8, 4) is 35.5 Å². The van der Waals surface area contributed by atoms with E-state index in [0.717, 1.165) is 105 Å². The minimum Gasteiger partial charge on any atom is -0.372 e. The van der Waals surface area contributed by atoms with Crippen molar-refractivity contribution in [3.05, 3.63) is 285 Å². The van der Waals surface area contributed by atoms with Crippen LogP contribution in [-0.2, 0) is 11.8 Å². The molecule has 3 nitrogen and oxygen atoms in total. The molecule has 0 amide bonds. The second-order valence-corrected chi connectivity index (χ2v) is 37.6. The van der Waals surface area contributed by atoms with Crippen LogP contribution in [0.4, 0.5) is 17.1 Å². The summed E-state index contributed by atoms with van der Waals surface area (Å²) in [5, 5.41) is 3.31. The fourth-order valence-corrected chi connectivity index (χ4v) is 19.4. The van der Waals surface area contributed by atoms with Crippen molar-refractivity contribution >= 4 is 87.3 Å². The summed E-state index contributed by atoms with van der Waals surface area (Å²) in [7, 11) is 0. The average molecular weight is 1620 g/mol. The van der Waals surface area contributed by atoms with Gasteiger partial charge in [-0.3, -0.25) is 0 Å². The highest BCUT2D eigenvalue weighted by Gasteiger charge is 2.25. The Bertz CT molecular complexity index is 4070. The van der Waals surface area contributed by atoms with Crippen LogP contribution in [0.5, 0.6) is 0 Å². The summed E-state index contributed by atoms with van der Waals surface area (Å²) in [6.45, 7) is 20.7. The van der Waals surface area contributed by atoms with Gasteiger partial charge in [0.25, 0.3) is 0 Å². The van der Waals surface area contributed by atoms with Gasteiger partial charge in [-0.1, -0.05) is 427 Å². The second-order valence-electron chi connectivity index (χ2n) is 33.2. The van der Waals surface area contributed by atoms with Crippen molar-refractivity contribution in [2.75, 3.05) is 54.0 Å². The fourth-order valence-electron chi connectivity index (χ4n) is 15.8. The van der Waals surface area contributed by atoms with E-state index in [4.69, 9.17) is 11.8 Å². The maximum Gasteiger partial charge on any atom is 0.0379 e. The highest BCUT2D eigenvalue weighted by Crippen LogP contribution is 2.43. The molecule has 0 aromatic heterocycles. The van der Waals surface area contributed by atoms with Crippen molar-refractivity contribution in [1.29, 1.82) is 0 Å². The average Bonchev–Trinajstić information content (AvgIpc) is 0.762. The summed E-state index contributed by atoms with van der Waals surface area (Å²) < 4.78 is 0. The normalized spacial score (nSPS) is 11.4. The number of hydrogen-bond donors (Lipinski definition) is 0. The number of unbranched alkanes of at least 4 members (excludes halogenated alkanes) is 30. The molecule has 0 aliphatic rings. The van der Waals surface area contributed by atoms with Crippen LogP contribution in [0.15, 0.2) is 218 Å². The van der Waals surface area contributed by atoms with Crippen LogP contribution in [0.3, 0.4) is 0 Å². The van der Waals surface area contributed by atoms with Gasteiger partial charge >= 0.3 is 0 Å². The molecule has 0 atom stereocenters. The molecule has 0 heterocycles. The van der Waals surface area contributed by atoms with Gasteiger partial charge in [-0.05, 0) is 197 Å². The third-order valence-corrected chi connectivity index (χ3v) is 28.3. The lowest BCUT2D eigenvalue weighted by molar-refractivity contribution is 0.575. The highest BCUT2D eigenvalue weighted by molar-refractivity contribution is 8.25. The molecule has 0 radical (unpaired) electrons. The van der Waals surface area contributed by atoms with Gasteiger partial charge in [-0.15, -0.1) is 0 Å². The number of anilines is 3. The van der Waals surface area contributed by atoms with E-state index in [1.165, 1.54) is 265 Å². The minimum absolute atomic E-state index is 0.943. The summed E-state index contributed by atoms with van der Waals surface area (Å²) in [4.78, 5) is 7.92. The van der Waals surface area contributed by atoms with Gasteiger partial charge in [0.2, 0.25) is 0 Å². The van der Waals surface area contributed by atoms with E-state index in [9.17, 15) is 0 Å². The van der Waals surface area contributed by atoms with Crippen LogP contribution in [0.25, 0.3) is 36.5 Å². The molecule has 9 rings (SSSR count). The minimum atomic E-state index is -2.58. The standard InChI is InChI=1S/C114H144N3PS/c1-7-13-19-25-31-37-91-115(92-38-32-26-20-14-8-2)109-79-67-103(68-80-109)61-55-97-43-49-100(50-44-97)58-64-106-73-85-112(86-74-106)118(119,113-87-75-107(76-88-113)65-59-101-51-45-98(46-52-101)56-62-104-69-81-110(82-70-104)116(93-39-33-27-21-15-9-3)94-40-34-28-22-16-10-4)114-89-77-108(78-90-114)66-60-102-53-47-99(48-54-102)57-63-105-71-83-111(84-72-105)117(95-41-35-29-23-17-11-5)96-42-36-30-24-18-12-6/h43-57,61-63,67-90H,7-42,91-96H2,1-6H3/b61-55+,62-56+,63-57+. The molecule has 119 heavy (non-hydrogen) atoms. The first kappa shape index (κ1) is 93.8. The molecule has 626 valence electrons. The Kier molecular flexibility index (Phi) is 44.5. The molecule has 0 saturated heterocycles. The zero-order valence-electron chi connectivity index (χ0n) is 74.1. The molecular formula is C114H144N3PS. The maximum atomic E-state index is 7.04. The predicted octanol–water partition coefficient (Wildman–Crippen LogP) is 30.7. The van der Waals surface area contributed by atoms with Gasteiger partial charge in [-0.2, -0.15) is 0 Å². The SMILES string of the molecule is CCCCCCCCN(CCCCCCCC)c1ccc(/C=C/c2ccc(C#Cc3ccc(P(=S)(c4ccc(C#Cc5ccc(/C=C/c6ccc(N(CCCCCCCC)CCCCCCCC)cc6)cc5)cc4)c4ccc(C#Cc5ccc(/C=C/c6ccc(N(CCCCCCCC)CCCCCCCC)cc6)cc5)cc4)cc3)cc2)cc1. The Labute approximate surface area is 729 Å². The quantitative estimate of drug-likeness (QED) is 0.0163. The van der Waals surface area contributed by atoms with Crippen molar-refractivity contribution in [1.82, 2.24) is 0 Å². The van der Waals surface area contributed by atoms with E-state index in [0.29, 0.717) is 0 Å². The second kappa shape index (κ2) is 56.4. The van der Waals surface area contributed by atoms with Gasteiger partial charge in [-0.25, -0.2) is 0 Å². The van der Waals surface area contributed by atoms with Gasteiger partial charge in [0, 0.05) is 95.7 Å². The lowest BCUT2D eigenvalue weighted by Crippen LogP contribution is -2.25. The predicted molar refractivity (Wildman–Crippen MR) is 533 cm³/mol. The van der Waals surface area contributed by atoms with E-state index in [2.05, 4.69) is 347 Å². The van der Waals surface area contributed by atoms with E-state index >= 15 is 0 Å². The van der Waals surface area contributed by atoms with Gasteiger partial charge < -0.3 is 14.7 Å². The largest absolute Gasteiger partial charge is 0.372 e. The molecule has 0 saturated carbocycles. The van der Waals surface area contributed by atoms with Crippen LogP contribution < -0.4 is 30.6 Å². The Morgan fingerprint density at radius 1 is 0.193 bits per heavy atom. The topological polar surface area (TPSA) is 9.72 Å². The molecule has 5 heteroatoms. The lowest BCUT2D eigenvalue weighted by atomic mass is 10.1. The van der Waals surface area contributed by atoms with Crippen molar-refractivity contribution < 1.29 is 0 Å². The molecule has 0 spiro atoms.